The number of aromatic nitrogens is 1. The van der Waals surface area contributed by atoms with Crippen LogP contribution in [0, 0.1) is 45.0 Å². The number of piperazine rings is 1. The van der Waals surface area contributed by atoms with Gasteiger partial charge in [-0.2, -0.15) is 4.31 Å². The van der Waals surface area contributed by atoms with E-state index >= 15 is 0 Å². The Kier molecular flexibility index (Phi) is 8.63. The maximum Gasteiger partial charge on any atom is 2.00 e. The van der Waals surface area contributed by atoms with E-state index < -0.39 is 10.0 Å². The number of rotatable bonds is 6. The monoisotopic (exact) mass is 696 g/mol. The molecule has 1 aliphatic rings. The van der Waals surface area contributed by atoms with Crippen molar-refractivity contribution in [2.24, 2.45) is 0 Å². The summed E-state index contributed by atoms with van der Waals surface area (Å²) < 4.78 is 26.8. The molecule has 27 heavy (non-hydrogen) atoms. The van der Waals surface area contributed by atoms with Crippen molar-refractivity contribution in [3.8, 4) is 0 Å². The van der Waals surface area contributed by atoms with Crippen LogP contribution >= 0.6 is 27.3 Å². The third kappa shape index (κ3) is 5.68. The van der Waals surface area contributed by atoms with Crippen LogP contribution in [0.25, 0.3) is 10.1 Å². The molecule has 0 amide bonds. The number of hydrogen-bond donors (Lipinski definition) is 0. The van der Waals surface area contributed by atoms with E-state index in [1.807, 2.05) is 6.07 Å². The molecular weight excluding hydrogens is 674 g/mol. The molecule has 0 saturated carbocycles. The number of nitrogens with zero attached hydrogens (tertiary/aromatic N) is 4. The molecule has 2 aromatic heterocycles. The van der Waals surface area contributed by atoms with Gasteiger partial charge in [0, 0.05) is 37.6 Å². The normalized spacial score (nSPS) is 16.4. The largest absolute Gasteiger partial charge is 2.00 e. The fourth-order valence-corrected chi connectivity index (χ4v) is 5.55. The van der Waals surface area contributed by atoms with Gasteiger partial charge in [0.25, 0.3) is 0 Å². The van der Waals surface area contributed by atoms with Crippen LogP contribution < -0.4 is 4.90 Å². The third-order valence-electron chi connectivity index (χ3n) is 4.52. The zero-order valence-electron chi connectivity index (χ0n) is 15.3. The van der Waals surface area contributed by atoms with Gasteiger partial charge in [0.05, 0.1) is 11.0 Å². The van der Waals surface area contributed by atoms with Crippen LogP contribution in [0.5, 0.6) is 0 Å². The summed E-state index contributed by atoms with van der Waals surface area (Å²) in [6, 6.07) is 4.23. The van der Waals surface area contributed by atoms with E-state index in [2.05, 4.69) is 50.6 Å². The molecule has 3 heterocycles. The van der Waals surface area contributed by atoms with E-state index in [4.69, 9.17) is 0 Å². The fourth-order valence-electron chi connectivity index (χ4n) is 3.11. The molecule has 1 fully saturated rings. The SMILES string of the molecule is [CH2-]CN(C[CH2-])c1nc(Br)cc2cc(CN3CCN(S(C)(=O)=O)CC3)sc12.[U+2]. The number of anilines is 1. The van der Waals surface area contributed by atoms with E-state index in [0.29, 0.717) is 26.2 Å². The summed E-state index contributed by atoms with van der Waals surface area (Å²) in [6.07, 6.45) is 1.28. The second-order valence-electron chi connectivity index (χ2n) is 6.32. The Hall–Kier alpha value is 0.312. The zero-order valence-corrected chi connectivity index (χ0v) is 22.7. The van der Waals surface area contributed by atoms with E-state index in [1.165, 1.54) is 11.1 Å². The van der Waals surface area contributed by atoms with Crippen LogP contribution in [0.15, 0.2) is 16.7 Å². The van der Waals surface area contributed by atoms with Gasteiger partial charge in [0.15, 0.2) is 0 Å². The van der Waals surface area contributed by atoms with Gasteiger partial charge in [-0.25, -0.2) is 13.4 Å². The number of hydrogen-bond acceptors (Lipinski definition) is 6. The molecule has 0 aliphatic carbocycles. The topological polar surface area (TPSA) is 56.8 Å². The van der Waals surface area contributed by atoms with E-state index in [-0.39, 0.29) is 31.1 Å². The van der Waals surface area contributed by atoms with Gasteiger partial charge in [-0.05, 0) is 33.4 Å². The van der Waals surface area contributed by atoms with E-state index in [9.17, 15) is 8.42 Å². The Bertz CT molecular complexity index is 878. The molecule has 1 aliphatic heterocycles. The molecule has 0 radical (unpaired) electrons. The summed E-state index contributed by atoms with van der Waals surface area (Å²) >= 11 is 5.23. The minimum atomic E-state index is -3.09. The van der Waals surface area contributed by atoms with Crippen molar-refractivity contribution in [1.29, 1.82) is 0 Å². The zero-order chi connectivity index (χ0) is 18.9. The molecule has 0 spiro atoms. The van der Waals surface area contributed by atoms with E-state index in [1.54, 1.807) is 15.6 Å². The quantitative estimate of drug-likeness (QED) is 0.344. The summed E-state index contributed by atoms with van der Waals surface area (Å²) in [6.45, 7) is 12.6. The summed E-state index contributed by atoms with van der Waals surface area (Å²) in [5.74, 6) is 0.914. The second kappa shape index (κ2) is 9.88. The van der Waals surface area contributed by atoms with Gasteiger partial charge < -0.3 is 18.7 Å². The Morgan fingerprint density at radius 1 is 1.22 bits per heavy atom. The molecule has 10 heteroatoms. The summed E-state index contributed by atoms with van der Waals surface area (Å²) in [7, 11) is -3.09. The molecule has 0 N–H and O–H groups in total. The number of thiophene rings is 1. The van der Waals surface area contributed by atoms with Gasteiger partial charge >= 0.3 is 31.1 Å². The van der Waals surface area contributed by atoms with Crippen molar-refractivity contribution in [2.45, 2.75) is 6.54 Å². The van der Waals surface area contributed by atoms with Crippen molar-refractivity contribution < 1.29 is 39.5 Å². The summed E-state index contributed by atoms with van der Waals surface area (Å²) in [4.78, 5) is 10.2. The first-order valence-electron chi connectivity index (χ1n) is 8.41. The van der Waals surface area contributed by atoms with Gasteiger partial charge in [-0.15, -0.1) is 24.4 Å². The van der Waals surface area contributed by atoms with Crippen molar-refractivity contribution in [3.63, 3.8) is 0 Å². The van der Waals surface area contributed by atoms with Crippen LogP contribution in [-0.2, 0) is 16.6 Å². The fraction of sp³-hybridized carbons (Fsp3) is 0.471. The molecular formula is C17H23BrN4O2S2U. The van der Waals surface area contributed by atoms with Crippen molar-refractivity contribution in [2.75, 3.05) is 50.4 Å². The minimum absolute atomic E-state index is 0. The molecule has 0 bridgehead atoms. The van der Waals surface area contributed by atoms with Crippen molar-refractivity contribution in [3.05, 3.63) is 35.5 Å². The minimum Gasteiger partial charge on any atom is -0.415 e. The first-order chi connectivity index (χ1) is 12.3. The average Bonchev–Trinajstić information content (AvgIpc) is 2.97. The Labute approximate surface area is 197 Å². The van der Waals surface area contributed by atoms with Gasteiger partial charge in [-0.1, -0.05) is 0 Å². The molecule has 6 nitrogen and oxygen atoms in total. The van der Waals surface area contributed by atoms with Crippen molar-refractivity contribution in [1.82, 2.24) is 14.2 Å². The molecule has 2 aromatic rings. The number of fused-ring (bicyclic) bond motifs is 1. The number of pyridine rings is 1. The number of sulfonamides is 1. The Morgan fingerprint density at radius 3 is 2.41 bits per heavy atom. The molecule has 3 rings (SSSR count). The second-order valence-corrected chi connectivity index (χ2v) is 10.3. The maximum atomic E-state index is 11.6. The first-order valence-corrected chi connectivity index (χ1v) is 11.9. The summed E-state index contributed by atoms with van der Waals surface area (Å²) in [5, 5.41) is 1.16. The van der Waals surface area contributed by atoms with Crippen LogP contribution in [0.1, 0.15) is 4.88 Å². The Balaban J connectivity index is 0.00000261. The van der Waals surface area contributed by atoms with Gasteiger partial charge in [0.2, 0.25) is 10.0 Å². The smallest absolute Gasteiger partial charge is 0.415 e. The predicted molar refractivity (Wildman–Crippen MR) is 112 cm³/mol. The van der Waals surface area contributed by atoms with Crippen LogP contribution in [0.4, 0.5) is 5.82 Å². The standard InChI is InChI=1S/C17H23BrN4O2S2.U/c1-4-21(5-2)17-16-13(11-15(18)19-17)10-14(25-16)12-20-6-8-22(9-7-20)26(3,23)24;/h10-11H,1-2,4-9,12H2,3H3;/q-2;+2. The predicted octanol–water partition coefficient (Wildman–Crippen LogP) is 2.61. The van der Waals surface area contributed by atoms with Gasteiger partial charge in [-0.3, -0.25) is 4.90 Å². The Morgan fingerprint density at radius 2 is 1.85 bits per heavy atom. The van der Waals surface area contributed by atoms with Crippen LogP contribution in [0.3, 0.4) is 0 Å². The molecule has 0 aromatic carbocycles. The molecule has 0 unspecified atom stereocenters. The molecule has 1 saturated heterocycles. The van der Waals surface area contributed by atoms with Crippen LogP contribution in [-0.4, -0.2) is 68.1 Å². The first kappa shape index (κ1) is 23.6. The molecule has 0 atom stereocenters. The van der Waals surface area contributed by atoms with Crippen LogP contribution in [0.2, 0.25) is 0 Å². The average molecular weight is 697 g/mol. The third-order valence-corrected chi connectivity index (χ3v) is 7.36. The van der Waals surface area contributed by atoms with E-state index in [0.717, 1.165) is 40.1 Å². The number of halogens is 1. The van der Waals surface area contributed by atoms with Crippen molar-refractivity contribution >= 4 is 53.2 Å². The molecule has 146 valence electrons. The van der Waals surface area contributed by atoms with Gasteiger partial charge in [0.1, 0.15) is 10.4 Å². The summed E-state index contributed by atoms with van der Waals surface area (Å²) in [5.41, 5.74) is 0. The maximum absolute atomic E-state index is 11.6.